The fraction of sp³-hybridized carbons (Fsp3) is 0.692. The average Bonchev–Trinajstić information content (AvgIpc) is 3.22. The summed E-state index contributed by atoms with van der Waals surface area (Å²) in [5.41, 5.74) is 0. The molecule has 17 heavy (non-hydrogen) atoms. The Balaban J connectivity index is 1.55. The summed E-state index contributed by atoms with van der Waals surface area (Å²) in [4.78, 5) is 2.35. The molecule has 0 amide bonds. The van der Waals surface area contributed by atoms with Crippen molar-refractivity contribution in [2.45, 2.75) is 31.7 Å². The molecule has 4 heteroatoms. The van der Waals surface area contributed by atoms with Gasteiger partial charge < -0.3 is 10.2 Å². The molecule has 0 aromatic carbocycles. The minimum Gasteiger partial charge on any atom is -0.354 e. The molecule has 0 bridgehead atoms. The van der Waals surface area contributed by atoms with Crippen LogP contribution in [-0.4, -0.2) is 35.9 Å². The van der Waals surface area contributed by atoms with Crippen LogP contribution in [0.4, 0.5) is 5.82 Å². The van der Waals surface area contributed by atoms with Crippen LogP contribution in [0.1, 0.15) is 25.7 Å². The number of rotatable bonds is 4. The van der Waals surface area contributed by atoms with Crippen LogP contribution in [0.25, 0.3) is 0 Å². The van der Waals surface area contributed by atoms with E-state index in [-0.39, 0.29) is 0 Å². The maximum Gasteiger partial charge on any atom is 0.151 e. The summed E-state index contributed by atoms with van der Waals surface area (Å²) in [5.74, 6) is 1.98. The molecule has 1 saturated heterocycles. The van der Waals surface area contributed by atoms with Crippen LogP contribution in [-0.2, 0) is 0 Å². The summed E-state index contributed by atoms with van der Waals surface area (Å²) >= 11 is 0. The van der Waals surface area contributed by atoms with Gasteiger partial charge in [-0.05, 0) is 50.3 Å². The molecular formula is C13H20N4. The van der Waals surface area contributed by atoms with E-state index in [0.29, 0.717) is 6.04 Å². The van der Waals surface area contributed by atoms with Crippen LogP contribution in [0.3, 0.4) is 0 Å². The highest BCUT2D eigenvalue weighted by Crippen LogP contribution is 2.28. The van der Waals surface area contributed by atoms with Gasteiger partial charge in [0.15, 0.2) is 5.82 Å². The third kappa shape index (κ3) is 2.94. The lowest BCUT2D eigenvalue weighted by Gasteiger charge is -2.33. The van der Waals surface area contributed by atoms with Gasteiger partial charge >= 0.3 is 0 Å². The van der Waals surface area contributed by atoms with E-state index in [2.05, 4.69) is 26.5 Å². The number of nitrogens with zero attached hydrogens (tertiary/aromatic N) is 3. The van der Waals surface area contributed by atoms with Gasteiger partial charge in [-0.2, -0.15) is 5.10 Å². The Hall–Kier alpha value is -1.16. The first-order valence-electron chi connectivity index (χ1n) is 6.68. The molecular weight excluding hydrogens is 212 g/mol. The second-order valence-corrected chi connectivity index (χ2v) is 5.22. The molecule has 0 spiro atoms. The SMILES string of the molecule is c1cnnc(N2CCC[C@H](NCC3CC3)C2)c1. The van der Waals surface area contributed by atoms with E-state index in [4.69, 9.17) is 0 Å². The summed E-state index contributed by atoms with van der Waals surface area (Å²) in [6.45, 7) is 3.39. The number of hydrogen-bond donors (Lipinski definition) is 1. The molecule has 4 nitrogen and oxygen atoms in total. The van der Waals surface area contributed by atoms with Crippen LogP contribution in [0.5, 0.6) is 0 Å². The van der Waals surface area contributed by atoms with Gasteiger partial charge in [0.2, 0.25) is 0 Å². The number of anilines is 1. The van der Waals surface area contributed by atoms with E-state index < -0.39 is 0 Å². The van der Waals surface area contributed by atoms with Gasteiger partial charge in [-0.25, -0.2) is 0 Å². The first-order valence-corrected chi connectivity index (χ1v) is 6.68. The third-order valence-electron chi connectivity index (χ3n) is 3.70. The predicted octanol–water partition coefficient (Wildman–Crippen LogP) is 1.44. The van der Waals surface area contributed by atoms with Crippen LogP contribution in [0, 0.1) is 5.92 Å². The van der Waals surface area contributed by atoms with Crippen molar-refractivity contribution in [1.82, 2.24) is 15.5 Å². The fourth-order valence-electron chi connectivity index (χ4n) is 2.47. The molecule has 1 aliphatic carbocycles. The highest BCUT2D eigenvalue weighted by Gasteiger charge is 2.25. The normalized spacial score (nSPS) is 24.9. The summed E-state index contributed by atoms with van der Waals surface area (Å²) in [6.07, 6.45) is 7.12. The standard InChI is InChI=1S/C13H20N4/c1-4-13(16-15-7-1)17-8-2-3-12(10-17)14-9-11-5-6-11/h1,4,7,11-12,14H,2-3,5-6,8-10H2/t12-/m0/s1. The fourth-order valence-corrected chi connectivity index (χ4v) is 2.47. The first-order chi connectivity index (χ1) is 8.42. The maximum absolute atomic E-state index is 4.19. The zero-order valence-electron chi connectivity index (χ0n) is 10.2. The second-order valence-electron chi connectivity index (χ2n) is 5.22. The lowest BCUT2D eigenvalue weighted by Crippen LogP contribution is -2.46. The van der Waals surface area contributed by atoms with Gasteiger partial charge in [0.25, 0.3) is 0 Å². The summed E-state index contributed by atoms with van der Waals surface area (Å²) < 4.78 is 0. The summed E-state index contributed by atoms with van der Waals surface area (Å²) in [5, 5.41) is 11.8. The Kier molecular flexibility index (Phi) is 3.22. The van der Waals surface area contributed by atoms with Crippen molar-refractivity contribution in [3.63, 3.8) is 0 Å². The molecule has 2 heterocycles. The van der Waals surface area contributed by atoms with Crippen molar-refractivity contribution in [3.8, 4) is 0 Å². The summed E-state index contributed by atoms with van der Waals surface area (Å²) in [6, 6.07) is 4.64. The second kappa shape index (κ2) is 5.00. The van der Waals surface area contributed by atoms with Gasteiger partial charge in [0.05, 0.1) is 0 Å². The molecule has 92 valence electrons. The lowest BCUT2D eigenvalue weighted by atomic mass is 10.1. The smallest absolute Gasteiger partial charge is 0.151 e. The molecule has 1 atom stereocenters. The Bertz CT molecular complexity index is 350. The monoisotopic (exact) mass is 232 g/mol. The molecule has 1 N–H and O–H groups in total. The zero-order valence-corrected chi connectivity index (χ0v) is 10.2. The number of piperidine rings is 1. The van der Waals surface area contributed by atoms with E-state index in [9.17, 15) is 0 Å². The Morgan fingerprint density at radius 2 is 2.29 bits per heavy atom. The highest BCUT2D eigenvalue weighted by atomic mass is 15.3. The van der Waals surface area contributed by atoms with Gasteiger partial charge in [-0.15, -0.1) is 5.10 Å². The minimum absolute atomic E-state index is 0.631. The first kappa shape index (κ1) is 11.0. The molecule has 1 aromatic rings. The number of nitrogens with one attached hydrogen (secondary N) is 1. The van der Waals surface area contributed by atoms with E-state index in [1.54, 1.807) is 6.20 Å². The number of aromatic nitrogens is 2. The summed E-state index contributed by atoms with van der Waals surface area (Å²) in [7, 11) is 0. The molecule has 2 fully saturated rings. The van der Waals surface area contributed by atoms with Gasteiger partial charge in [0.1, 0.15) is 0 Å². The van der Waals surface area contributed by atoms with E-state index >= 15 is 0 Å². The average molecular weight is 232 g/mol. The largest absolute Gasteiger partial charge is 0.354 e. The number of hydrogen-bond acceptors (Lipinski definition) is 4. The predicted molar refractivity (Wildman–Crippen MR) is 68.0 cm³/mol. The van der Waals surface area contributed by atoms with Crippen LogP contribution in [0.15, 0.2) is 18.3 Å². The molecule has 3 rings (SSSR count). The highest BCUT2D eigenvalue weighted by molar-refractivity contribution is 5.37. The van der Waals surface area contributed by atoms with Crippen LogP contribution in [0.2, 0.25) is 0 Å². The third-order valence-corrected chi connectivity index (χ3v) is 3.70. The Labute approximate surface area is 102 Å². The molecule has 1 saturated carbocycles. The van der Waals surface area contributed by atoms with Crippen molar-refractivity contribution < 1.29 is 0 Å². The van der Waals surface area contributed by atoms with Crippen molar-refractivity contribution in [1.29, 1.82) is 0 Å². The van der Waals surface area contributed by atoms with Crippen molar-refractivity contribution in [3.05, 3.63) is 18.3 Å². The van der Waals surface area contributed by atoms with E-state index in [1.165, 1.54) is 32.2 Å². The Morgan fingerprint density at radius 1 is 1.35 bits per heavy atom. The molecule has 1 aliphatic heterocycles. The lowest BCUT2D eigenvalue weighted by molar-refractivity contribution is 0.414. The van der Waals surface area contributed by atoms with Crippen molar-refractivity contribution in [2.24, 2.45) is 5.92 Å². The molecule has 2 aliphatic rings. The van der Waals surface area contributed by atoms with Gasteiger partial charge in [0, 0.05) is 25.3 Å². The Morgan fingerprint density at radius 3 is 3.06 bits per heavy atom. The maximum atomic E-state index is 4.19. The van der Waals surface area contributed by atoms with Crippen LogP contribution < -0.4 is 10.2 Å². The molecule has 0 radical (unpaired) electrons. The minimum atomic E-state index is 0.631. The van der Waals surface area contributed by atoms with Gasteiger partial charge in [-0.1, -0.05) is 0 Å². The van der Waals surface area contributed by atoms with Gasteiger partial charge in [-0.3, -0.25) is 0 Å². The topological polar surface area (TPSA) is 41.1 Å². The van der Waals surface area contributed by atoms with Crippen molar-refractivity contribution >= 4 is 5.82 Å². The molecule has 0 unspecified atom stereocenters. The van der Waals surface area contributed by atoms with E-state index in [1.807, 2.05) is 6.07 Å². The zero-order chi connectivity index (χ0) is 11.5. The van der Waals surface area contributed by atoms with E-state index in [0.717, 1.165) is 24.8 Å². The van der Waals surface area contributed by atoms with Crippen LogP contribution >= 0.6 is 0 Å². The molecule has 1 aromatic heterocycles. The van der Waals surface area contributed by atoms with Crippen molar-refractivity contribution in [2.75, 3.05) is 24.5 Å². The quantitative estimate of drug-likeness (QED) is 0.853.